The summed E-state index contributed by atoms with van der Waals surface area (Å²) in [5.74, 6) is 0.662. The van der Waals surface area contributed by atoms with E-state index in [4.69, 9.17) is 14.4 Å². The van der Waals surface area contributed by atoms with Crippen LogP contribution in [0.4, 0.5) is 0 Å². The van der Waals surface area contributed by atoms with Crippen molar-refractivity contribution < 1.29 is 4.42 Å². The van der Waals surface area contributed by atoms with E-state index in [9.17, 15) is 0 Å². The number of hydrogen-bond acceptors (Lipinski definition) is 3. The summed E-state index contributed by atoms with van der Waals surface area (Å²) in [5.41, 5.74) is 10.9. The van der Waals surface area contributed by atoms with Crippen molar-refractivity contribution in [3.63, 3.8) is 0 Å². The molecule has 0 fully saturated rings. The van der Waals surface area contributed by atoms with Gasteiger partial charge in [0, 0.05) is 27.5 Å². The van der Waals surface area contributed by atoms with E-state index in [2.05, 4.69) is 182 Å². The second kappa shape index (κ2) is 12.6. The Morgan fingerprint density at radius 1 is 0.309 bits per heavy atom. The third kappa shape index (κ3) is 5.13. The molecule has 3 nitrogen and oxygen atoms in total. The average Bonchev–Trinajstić information content (AvgIpc) is 3.65. The molecule has 0 unspecified atom stereocenters. The minimum Gasteiger partial charge on any atom is -0.455 e. The van der Waals surface area contributed by atoms with Gasteiger partial charge >= 0.3 is 0 Å². The molecule has 0 aliphatic carbocycles. The molecule has 0 amide bonds. The molecule has 0 aliphatic rings. The molecule has 0 bridgehead atoms. The Labute approximate surface area is 317 Å². The van der Waals surface area contributed by atoms with Crippen LogP contribution in [-0.4, -0.2) is 9.97 Å². The van der Waals surface area contributed by atoms with Gasteiger partial charge in [0.25, 0.3) is 0 Å². The maximum atomic E-state index is 6.56. The Morgan fingerprint density at radius 3 is 1.65 bits per heavy atom. The van der Waals surface area contributed by atoms with Gasteiger partial charge in [-0.3, -0.25) is 0 Å². The van der Waals surface area contributed by atoms with Crippen molar-refractivity contribution in [2.24, 2.45) is 0 Å². The van der Waals surface area contributed by atoms with Crippen molar-refractivity contribution in [3.8, 4) is 56.2 Å². The molecular formula is C52H32N2O. The van der Waals surface area contributed by atoms with Gasteiger partial charge in [0.2, 0.25) is 0 Å². The number of hydrogen-bond donors (Lipinski definition) is 0. The highest BCUT2D eigenvalue weighted by Crippen LogP contribution is 2.42. The first-order valence-electron chi connectivity index (χ1n) is 18.7. The van der Waals surface area contributed by atoms with Gasteiger partial charge in [-0.05, 0) is 84.9 Å². The highest BCUT2D eigenvalue weighted by molar-refractivity contribution is 6.17. The molecule has 0 N–H and O–H groups in total. The summed E-state index contributed by atoms with van der Waals surface area (Å²) in [5, 5.41) is 9.37. The first kappa shape index (κ1) is 31.2. The molecule has 0 aliphatic heterocycles. The highest BCUT2D eigenvalue weighted by atomic mass is 16.3. The van der Waals surface area contributed by atoms with Crippen LogP contribution in [0.25, 0.3) is 110 Å². The summed E-state index contributed by atoms with van der Waals surface area (Å²) in [4.78, 5) is 10.8. The molecule has 0 radical (unpaired) electrons. The van der Waals surface area contributed by atoms with Crippen LogP contribution in [0, 0.1) is 0 Å². The zero-order valence-corrected chi connectivity index (χ0v) is 29.8. The Kier molecular flexibility index (Phi) is 7.17. The van der Waals surface area contributed by atoms with Crippen LogP contribution >= 0.6 is 0 Å². The molecule has 55 heavy (non-hydrogen) atoms. The maximum absolute atomic E-state index is 6.56. The van der Waals surface area contributed by atoms with Gasteiger partial charge in [0.05, 0.1) is 11.4 Å². The maximum Gasteiger partial charge on any atom is 0.161 e. The summed E-state index contributed by atoms with van der Waals surface area (Å²) < 4.78 is 6.56. The fourth-order valence-electron chi connectivity index (χ4n) is 8.37. The van der Waals surface area contributed by atoms with Crippen molar-refractivity contribution in [1.82, 2.24) is 9.97 Å². The smallest absolute Gasteiger partial charge is 0.161 e. The van der Waals surface area contributed by atoms with E-state index in [1.54, 1.807) is 0 Å². The van der Waals surface area contributed by atoms with Gasteiger partial charge in [-0.1, -0.05) is 164 Å². The van der Waals surface area contributed by atoms with Crippen molar-refractivity contribution in [1.29, 1.82) is 0 Å². The summed E-state index contributed by atoms with van der Waals surface area (Å²) in [6.07, 6.45) is 0. The predicted octanol–water partition coefficient (Wildman–Crippen LogP) is 14.2. The Morgan fingerprint density at radius 2 is 0.855 bits per heavy atom. The van der Waals surface area contributed by atoms with Crippen LogP contribution in [0.2, 0.25) is 0 Å². The van der Waals surface area contributed by atoms with E-state index >= 15 is 0 Å². The molecule has 11 aromatic rings. The lowest BCUT2D eigenvalue weighted by molar-refractivity contribution is 0.670. The van der Waals surface area contributed by atoms with Crippen LogP contribution in [0.5, 0.6) is 0 Å². The van der Waals surface area contributed by atoms with Crippen molar-refractivity contribution in [2.75, 3.05) is 0 Å². The molecule has 0 saturated carbocycles. The van der Waals surface area contributed by atoms with E-state index in [-0.39, 0.29) is 0 Å². The zero-order valence-electron chi connectivity index (χ0n) is 29.8. The molecule has 9 aromatic carbocycles. The number of para-hydroxylation sites is 2. The third-order valence-corrected chi connectivity index (χ3v) is 10.9. The number of furan rings is 1. The quantitative estimate of drug-likeness (QED) is 0.168. The van der Waals surface area contributed by atoms with Gasteiger partial charge in [-0.15, -0.1) is 0 Å². The van der Waals surface area contributed by atoms with E-state index in [1.165, 1.54) is 32.7 Å². The molecule has 2 aromatic heterocycles. The Hall–Kier alpha value is -7.36. The second-order valence-corrected chi connectivity index (χ2v) is 14.1. The highest BCUT2D eigenvalue weighted by Gasteiger charge is 2.20. The fraction of sp³-hybridized carbons (Fsp3) is 0. The average molecular weight is 701 g/mol. The topological polar surface area (TPSA) is 38.9 Å². The van der Waals surface area contributed by atoms with Crippen LogP contribution in [0.3, 0.4) is 0 Å². The van der Waals surface area contributed by atoms with Crippen LogP contribution in [0.15, 0.2) is 199 Å². The molecule has 3 heteroatoms. The Balaban J connectivity index is 1.18. The Bertz CT molecular complexity index is 3270. The summed E-state index contributed by atoms with van der Waals surface area (Å²) in [6, 6.07) is 68.5. The van der Waals surface area contributed by atoms with Crippen molar-refractivity contribution in [3.05, 3.63) is 194 Å². The molecule has 2 heterocycles. The SMILES string of the molecule is c1ccc(-c2ccccc2-c2cc(-c3cccc4c3oc3ccccc34)nc(-c3ccc(-c4cc5ccccc5c5ccccc45)c4ccccc34)n2)cc1. The molecule has 0 atom stereocenters. The lowest BCUT2D eigenvalue weighted by Crippen LogP contribution is -1.98. The third-order valence-electron chi connectivity index (χ3n) is 10.9. The number of nitrogens with zero attached hydrogens (tertiary/aromatic N) is 2. The molecule has 11 rings (SSSR count). The van der Waals surface area contributed by atoms with Gasteiger partial charge in [-0.2, -0.15) is 0 Å². The number of aromatic nitrogens is 2. The van der Waals surface area contributed by atoms with Crippen LogP contribution in [-0.2, 0) is 0 Å². The first-order valence-corrected chi connectivity index (χ1v) is 18.7. The molecular weight excluding hydrogens is 669 g/mol. The van der Waals surface area contributed by atoms with Gasteiger partial charge in [0.1, 0.15) is 11.2 Å². The monoisotopic (exact) mass is 700 g/mol. The summed E-state index contributed by atoms with van der Waals surface area (Å²) in [7, 11) is 0. The van der Waals surface area contributed by atoms with E-state index < -0.39 is 0 Å². The van der Waals surface area contributed by atoms with Gasteiger partial charge < -0.3 is 4.42 Å². The lowest BCUT2D eigenvalue weighted by Gasteiger charge is -2.16. The van der Waals surface area contributed by atoms with Gasteiger partial charge in [0.15, 0.2) is 5.82 Å². The summed E-state index contributed by atoms with van der Waals surface area (Å²) in [6.45, 7) is 0. The van der Waals surface area contributed by atoms with E-state index in [0.29, 0.717) is 5.82 Å². The molecule has 0 spiro atoms. The summed E-state index contributed by atoms with van der Waals surface area (Å²) >= 11 is 0. The molecule has 0 saturated heterocycles. The number of fused-ring (bicyclic) bond motifs is 7. The van der Waals surface area contributed by atoms with Crippen molar-refractivity contribution >= 4 is 54.3 Å². The minimum absolute atomic E-state index is 0.662. The normalized spacial score (nSPS) is 11.6. The van der Waals surface area contributed by atoms with Gasteiger partial charge in [-0.25, -0.2) is 9.97 Å². The molecule has 256 valence electrons. The van der Waals surface area contributed by atoms with E-state index in [0.717, 1.165) is 71.9 Å². The minimum atomic E-state index is 0.662. The zero-order chi connectivity index (χ0) is 36.3. The van der Waals surface area contributed by atoms with Crippen molar-refractivity contribution in [2.45, 2.75) is 0 Å². The lowest BCUT2D eigenvalue weighted by atomic mass is 9.89. The predicted molar refractivity (Wildman–Crippen MR) is 229 cm³/mol. The van der Waals surface area contributed by atoms with Crippen LogP contribution < -0.4 is 0 Å². The second-order valence-electron chi connectivity index (χ2n) is 14.1. The number of benzene rings is 9. The first-order chi connectivity index (χ1) is 27.3. The standard InChI is InChI=1S/C52H32N2O/c1-2-15-33(16-3-1)35-18-6-11-24-42(35)48-32-49(46-27-14-26-44-43-25-12-13-28-50(43)55-51(44)46)54-52(53-48)45-30-29-41(38-21-8-9-22-39(38)45)47-31-34-17-4-5-19-36(34)37-20-7-10-23-40(37)47/h1-32H. The largest absolute Gasteiger partial charge is 0.455 e. The van der Waals surface area contributed by atoms with Crippen LogP contribution in [0.1, 0.15) is 0 Å². The fourth-order valence-corrected chi connectivity index (χ4v) is 8.37. The van der Waals surface area contributed by atoms with E-state index in [1.807, 2.05) is 12.1 Å². The number of rotatable bonds is 5.